The van der Waals surface area contributed by atoms with E-state index >= 15 is 0 Å². The molecule has 2 aromatic heterocycles. The maximum atomic E-state index is 4.95. The van der Waals surface area contributed by atoms with Crippen LogP contribution in [0.4, 0.5) is 0 Å². The first-order valence-electron chi connectivity index (χ1n) is 8.70. The Morgan fingerprint density at radius 1 is 0.731 bits per heavy atom. The number of aromatic nitrogens is 3. The summed E-state index contributed by atoms with van der Waals surface area (Å²) in [5.41, 5.74) is 4.35. The minimum Gasteiger partial charge on any atom is -0.301 e. The quantitative estimate of drug-likeness (QED) is 0.423. The molecule has 0 saturated heterocycles. The average Bonchev–Trinajstić information content (AvgIpc) is 3.12. The highest BCUT2D eigenvalue weighted by Gasteiger charge is 2.12. The van der Waals surface area contributed by atoms with Crippen molar-refractivity contribution in [1.82, 2.24) is 14.5 Å². The van der Waals surface area contributed by atoms with Crippen molar-refractivity contribution in [3.8, 4) is 17.2 Å². The highest BCUT2D eigenvalue weighted by Crippen LogP contribution is 2.27. The van der Waals surface area contributed by atoms with Crippen molar-refractivity contribution in [1.29, 1.82) is 0 Å². The summed E-state index contributed by atoms with van der Waals surface area (Å²) in [4.78, 5) is 9.75. The molecule has 3 aromatic carbocycles. The first-order chi connectivity index (χ1) is 12.8. The number of rotatable bonds is 2. The maximum absolute atomic E-state index is 4.95. The van der Waals surface area contributed by atoms with Gasteiger partial charge < -0.3 is 4.57 Å². The zero-order valence-electron chi connectivity index (χ0n) is 14.4. The van der Waals surface area contributed by atoms with Gasteiger partial charge in [-0.1, -0.05) is 60.2 Å². The van der Waals surface area contributed by atoms with Crippen LogP contribution in [-0.2, 0) is 0 Å². The topological polar surface area (TPSA) is 30.7 Å². The van der Waals surface area contributed by atoms with Gasteiger partial charge in [-0.2, -0.15) is 0 Å². The molecule has 0 amide bonds. The molecule has 0 fully saturated rings. The number of hydrogen-bond donors (Lipinski definition) is 0. The predicted molar refractivity (Wildman–Crippen MR) is 107 cm³/mol. The van der Waals surface area contributed by atoms with Crippen LogP contribution < -0.4 is 0 Å². The summed E-state index contributed by atoms with van der Waals surface area (Å²) in [6, 6.07) is 27.0. The zero-order chi connectivity index (χ0) is 17.5. The molecular formula is C23H17N3. The third kappa shape index (κ3) is 2.37. The fraction of sp³-hybridized carbons (Fsp3) is 0.0435. The molecule has 0 radical (unpaired) electrons. The van der Waals surface area contributed by atoms with E-state index in [1.807, 2.05) is 18.2 Å². The van der Waals surface area contributed by atoms with Crippen LogP contribution >= 0.6 is 0 Å². The zero-order valence-corrected chi connectivity index (χ0v) is 14.4. The van der Waals surface area contributed by atoms with Crippen molar-refractivity contribution in [3.05, 3.63) is 90.6 Å². The fourth-order valence-electron chi connectivity index (χ4n) is 3.34. The van der Waals surface area contributed by atoms with Crippen LogP contribution in [0.3, 0.4) is 0 Å². The van der Waals surface area contributed by atoms with Crippen molar-refractivity contribution in [2.24, 2.45) is 0 Å². The summed E-state index contributed by atoms with van der Waals surface area (Å²) < 4.78 is 2.15. The number of benzene rings is 3. The normalized spacial score (nSPS) is 11.3. The van der Waals surface area contributed by atoms with E-state index in [1.165, 1.54) is 10.9 Å². The van der Waals surface area contributed by atoms with Crippen molar-refractivity contribution in [2.45, 2.75) is 6.92 Å². The van der Waals surface area contributed by atoms with Gasteiger partial charge in [-0.25, -0.2) is 9.97 Å². The van der Waals surface area contributed by atoms with E-state index < -0.39 is 0 Å². The Morgan fingerprint density at radius 3 is 2.38 bits per heavy atom. The van der Waals surface area contributed by atoms with Crippen LogP contribution in [0.2, 0.25) is 0 Å². The summed E-state index contributed by atoms with van der Waals surface area (Å²) in [6.45, 7) is 2.09. The van der Waals surface area contributed by atoms with Crippen LogP contribution in [0.5, 0.6) is 0 Å². The second-order valence-electron chi connectivity index (χ2n) is 6.50. The number of aryl methyl sites for hydroxylation is 1. The third-order valence-corrected chi connectivity index (χ3v) is 4.72. The van der Waals surface area contributed by atoms with Gasteiger partial charge in [0.1, 0.15) is 5.82 Å². The van der Waals surface area contributed by atoms with Gasteiger partial charge in [0.05, 0.1) is 11.0 Å². The molecule has 5 rings (SSSR count). The molecular weight excluding hydrogens is 318 g/mol. The van der Waals surface area contributed by atoms with Gasteiger partial charge >= 0.3 is 0 Å². The molecule has 0 unspecified atom stereocenters. The number of para-hydroxylation sites is 2. The monoisotopic (exact) mass is 335 g/mol. The Labute approximate surface area is 151 Å². The highest BCUT2D eigenvalue weighted by atomic mass is 15.1. The lowest BCUT2D eigenvalue weighted by Crippen LogP contribution is -2.01. The average molecular weight is 335 g/mol. The van der Waals surface area contributed by atoms with Crippen LogP contribution in [0.1, 0.15) is 5.56 Å². The van der Waals surface area contributed by atoms with Gasteiger partial charge in [0.2, 0.25) is 0 Å². The SMILES string of the molecule is Cc1ccc(-c2nc(-n3ccc4ccccc43)c3ccccc3n2)cc1. The largest absolute Gasteiger partial charge is 0.301 e. The van der Waals surface area contributed by atoms with Crippen molar-refractivity contribution >= 4 is 21.8 Å². The molecule has 0 bridgehead atoms. The predicted octanol–water partition coefficient (Wildman–Crippen LogP) is 5.55. The van der Waals surface area contributed by atoms with E-state index in [2.05, 4.69) is 78.4 Å². The number of nitrogens with zero attached hydrogens (tertiary/aromatic N) is 3. The van der Waals surface area contributed by atoms with Crippen LogP contribution in [0.15, 0.2) is 85.1 Å². The molecule has 0 saturated carbocycles. The van der Waals surface area contributed by atoms with Crippen molar-refractivity contribution in [2.75, 3.05) is 0 Å². The smallest absolute Gasteiger partial charge is 0.162 e. The highest BCUT2D eigenvalue weighted by molar-refractivity contribution is 5.90. The standard InChI is InChI=1S/C23H17N3/c1-16-10-12-18(13-11-16)22-24-20-8-4-3-7-19(20)23(25-22)26-15-14-17-6-2-5-9-21(17)26/h2-15H,1H3. The minimum absolute atomic E-state index is 0.747. The Bertz CT molecular complexity index is 1230. The van der Waals surface area contributed by atoms with E-state index in [-0.39, 0.29) is 0 Å². The first kappa shape index (κ1) is 14.8. The molecule has 0 aliphatic heterocycles. The second kappa shape index (κ2) is 5.81. The second-order valence-corrected chi connectivity index (χ2v) is 6.50. The maximum Gasteiger partial charge on any atom is 0.162 e. The van der Waals surface area contributed by atoms with Gasteiger partial charge in [-0.3, -0.25) is 0 Å². The van der Waals surface area contributed by atoms with Crippen LogP contribution in [0.25, 0.3) is 39.0 Å². The molecule has 2 heterocycles. The Balaban J connectivity index is 1.82. The van der Waals surface area contributed by atoms with Crippen LogP contribution in [0, 0.1) is 6.92 Å². The van der Waals surface area contributed by atoms with E-state index in [9.17, 15) is 0 Å². The Hall–Kier alpha value is -3.46. The van der Waals surface area contributed by atoms with E-state index in [1.54, 1.807) is 0 Å². The van der Waals surface area contributed by atoms with Gasteiger partial charge in [-0.05, 0) is 36.6 Å². The summed E-state index contributed by atoms with van der Waals surface area (Å²) in [5.74, 6) is 1.66. The van der Waals surface area contributed by atoms with Gasteiger partial charge in [0.25, 0.3) is 0 Å². The molecule has 3 heteroatoms. The fourth-order valence-corrected chi connectivity index (χ4v) is 3.34. The summed E-state index contributed by atoms with van der Waals surface area (Å²) in [5, 5.41) is 2.25. The minimum atomic E-state index is 0.747. The molecule has 26 heavy (non-hydrogen) atoms. The first-order valence-corrected chi connectivity index (χ1v) is 8.70. The lowest BCUT2D eigenvalue weighted by molar-refractivity contribution is 1.04. The summed E-state index contributed by atoms with van der Waals surface area (Å²) in [6.07, 6.45) is 2.08. The number of hydrogen-bond acceptors (Lipinski definition) is 2. The molecule has 0 aliphatic rings. The molecule has 0 atom stereocenters. The van der Waals surface area contributed by atoms with Gasteiger partial charge in [0, 0.05) is 17.1 Å². The van der Waals surface area contributed by atoms with Crippen molar-refractivity contribution in [3.63, 3.8) is 0 Å². The molecule has 5 aromatic rings. The van der Waals surface area contributed by atoms with E-state index in [4.69, 9.17) is 9.97 Å². The van der Waals surface area contributed by atoms with E-state index in [0.717, 1.165) is 33.6 Å². The molecule has 0 aliphatic carbocycles. The molecule has 0 spiro atoms. The van der Waals surface area contributed by atoms with Gasteiger partial charge in [-0.15, -0.1) is 0 Å². The lowest BCUT2D eigenvalue weighted by atomic mass is 10.1. The Kier molecular flexibility index (Phi) is 3.32. The number of fused-ring (bicyclic) bond motifs is 2. The third-order valence-electron chi connectivity index (χ3n) is 4.72. The van der Waals surface area contributed by atoms with Crippen LogP contribution in [-0.4, -0.2) is 14.5 Å². The van der Waals surface area contributed by atoms with E-state index in [0.29, 0.717) is 0 Å². The summed E-state index contributed by atoms with van der Waals surface area (Å²) in [7, 11) is 0. The van der Waals surface area contributed by atoms with Crippen molar-refractivity contribution < 1.29 is 0 Å². The molecule has 124 valence electrons. The Morgan fingerprint density at radius 2 is 1.50 bits per heavy atom. The summed E-state index contributed by atoms with van der Waals surface area (Å²) >= 11 is 0. The molecule has 3 nitrogen and oxygen atoms in total. The van der Waals surface area contributed by atoms with Gasteiger partial charge in [0.15, 0.2) is 5.82 Å². The molecule has 0 N–H and O–H groups in total. The lowest BCUT2D eigenvalue weighted by Gasteiger charge is -2.11.